The highest BCUT2D eigenvalue weighted by atomic mass is 16.3. The maximum Gasteiger partial charge on any atom is 0.289 e. The molecule has 2 aromatic rings. The van der Waals surface area contributed by atoms with Gasteiger partial charge in [-0.1, -0.05) is 0 Å². The molecule has 144 valence electrons. The normalized spacial score (nSPS) is 15.0. The van der Waals surface area contributed by atoms with Gasteiger partial charge in [-0.25, -0.2) is 0 Å². The number of rotatable bonds is 4. The van der Waals surface area contributed by atoms with Crippen molar-refractivity contribution in [1.29, 1.82) is 0 Å². The lowest BCUT2D eigenvalue weighted by Gasteiger charge is -2.32. The summed E-state index contributed by atoms with van der Waals surface area (Å²) in [5.41, 5.74) is 1.49. The third kappa shape index (κ3) is 3.82. The van der Waals surface area contributed by atoms with E-state index in [1.165, 1.54) is 6.26 Å². The quantitative estimate of drug-likeness (QED) is 0.892. The Kier molecular flexibility index (Phi) is 5.48. The first kappa shape index (κ1) is 18.9. The van der Waals surface area contributed by atoms with Crippen LogP contribution in [0.4, 0.5) is 0 Å². The average Bonchev–Trinajstić information content (AvgIpc) is 3.16. The largest absolute Gasteiger partial charge is 0.459 e. The highest BCUT2D eigenvalue weighted by Gasteiger charge is 2.27. The maximum atomic E-state index is 12.7. The number of nitrogens with one attached hydrogen (secondary N) is 1. The number of carbonyl (C=O) groups excluding carboxylic acids is 2. The molecule has 2 amide bonds. The molecule has 1 aliphatic heterocycles. The summed E-state index contributed by atoms with van der Waals surface area (Å²) in [6.07, 6.45) is 2.77. The molecule has 1 saturated heterocycles. The van der Waals surface area contributed by atoms with Gasteiger partial charge in [-0.2, -0.15) is 0 Å². The minimum atomic E-state index is -0.337. The first-order valence-corrected chi connectivity index (χ1v) is 9.27. The average molecular weight is 371 g/mol. The first-order chi connectivity index (χ1) is 12.9. The Morgan fingerprint density at radius 1 is 1.26 bits per heavy atom. The molecular weight excluding hydrogens is 346 g/mol. The highest BCUT2D eigenvalue weighted by Crippen LogP contribution is 2.15. The molecule has 3 rings (SSSR count). The summed E-state index contributed by atoms with van der Waals surface area (Å²) in [6, 6.07) is 5.14. The van der Waals surface area contributed by atoms with Crippen molar-refractivity contribution in [3.8, 4) is 0 Å². The van der Waals surface area contributed by atoms with E-state index >= 15 is 0 Å². The van der Waals surface area contributed by atoms with Crippen LogP contribution < -0.4 is 10.9 Å². The number of hydrogen-bond acceptors (Lipinski definition) is 4. The SMILES string of the molecule is CCn1c(C)cc(C)c(C(=O)NC2CCN(C(=O)c3ccco3)CC2)c1=O. The van der Waals surface area contributed by atoms with Gasteiger partial charge < -0.3 is 19.2 Å². The summed E-state index contributed by atoms with van der Waals surface area (Å²) in [6.45, 7) is 7.14. The molecule has 0 aromatic carbocycles. The van der Waals surface area contributed by atoms with Gasteiger partial charge in [-0.05, 0) is 57.4 Å². The fourth-order valence-electron chi connectivity index (χ4n) is 3.64. The number of furan rings is 1. The van der Waals surface area contributed by atoms with Gasteiger partial charge in [0.2, 0.25) is 0 Å². The monoisotopic (exact) mass is 371 g/mol. The Morgan fingerprint density at radius 2 is 1.96 bits per heavy atom. The first-order valence-electron chi connectivity index (χ1n) is 9.27. The molecule has 0 radical (unpaired) electrons. The standard InChI is InChI=1S/C20H25N3O4/c1-4-23-14(3)12-13(2)17(20(23)26)18(24)21-15-7-9-22(10-8-15)19(25)16-6-5-11-27-16/h5-6,11-12,15H,4,7-10H2,1-3H3,(H,21,24). The molecule has 0 spiro atoms. The maximum absolute atomic E-state index is 12.7. The molecule has 27 heavy (non-hydrogen) atoms. The van der Waals surface area contributed by atoms with Crippen molar-refractivity contribution < 1.29 is 14.0 Å². The zero-order chi connectivity index (χ0) is 19.6. The summed E-state index contributed by atoms with van der Waals surface area (Å²) >= 11 is 0. The van der Waals surface area contributed by atoms with E-state index < -0.39 is 0 Å². The Hall–Kier alpha value is -2.83. The summed E-state index contributed by atoms with van der Waals surface area (Å²) in [5.74, 6) is -0.145. The number of amides is 2. The molecule has 2 aromatic heterocycles. The Morgan fingerprint density at radius 3 is 2.56 bits per heavy atom. The van der Waals surface area contributed by atoms with Crippen molar-refractivity contribution in [2.24, 2.45) is 0 Å². The van der Waals surface area contributed by atoms with E-state index in [9.17, 15) is 14.4 Å². The van der Waals surface area contributed by atoms with Gasteiger partial charge in [0.05, 0.1) is 6.26 Å². The van der Waals surface area contributed by atoms with E-state index in [1.807, 2.05) is 19.9 Å². The van der Waals surface area contributed by atoms with Crippen LogP contribution in [0.5, 0.6) is 0 Å². The molecule has 1 fully saturated rings. The number of carbonyl (C=O) groups is 2. The Labute approximate surface area is 158 Å². The van der Waals surface area contributed by atoms with E-state index in [0.29, 0.717) is 43.8 Å². The summed E-state index contributed by atoms with van der Waals surface area (Å²) in [4.78, 5) is 39.4. The smallest absolute Gasteiger partial charge is 0.289 e. The molecule has 1 aliphatic rings. The molecule has 0 aliphatic carbocycles. The fourth-order valence-corrected chi connectivity index (χ4v) is 3.64. The number of hydrogen-bond donors (Lipinski definition) is 1. The second-order valence-electron chi connectivity index (χ2n) is 6.91. The third-order valence-corrected chi connectivity index (χ3v) is 5.10. The van der Waals surface area contributed by atoms with Gasteiger partial charge >= 0.3 is 0 Å². The predicted molar refractivity (Wildman–Crippen MR) is 101 cm³/mol. The van der Waals surface area contributed by atoms with E-state index in [-0.39, 0.29) is 29.0 Å². The summed E-state index contributed by atoms with van der Waals surface area (Å²) in [5, 5.41) is 2.97. The number of nitrogens with zero attached hydrogens (tertiary/aromatic N) is 2. The van der Waals surface area contributed by atoms with Crippen LogP contribution in [-0.4, -0.2) is 40.4 Å². The Balaban J connectivity index is 1.65. The van der Waals surface area contributed by atoms with Gasteiger partial charge in [-0.3, -0.25) is 14.4 Å². The van der Waals surface area contributed by atoms with Crippen molar-refractivity contribution in [3.63, 3.8) is 0 Å². The van der Waals surface area contributed by atoms with E-state index in [4.69, 9.17) is 4.42 Å². The van der Waals surface area contributed by atoms with E-state index in [1.54, 1.807) is 28.5 Å². The van der Waals surface area contributed by atoms with Crippen LogP contribution in [0.2, 0.25) is 0 Å². The molecule has 0 unspecified atom stereocenters. The van der Waals surface area contributed by atoms with Gasteiger partial charge in [-0.15, -0.1) is 0 Å². The lowest BCUT2D eigenvalue weighted by molar-refractivity contribution is 0.0667. The highest BCUT2D eigenvalue weighted by molar-refractivity contribution is 5.95. The van der Waals surface area contributed by atoms with Gasteiger partial charge in [0.15, 0.2) is 5.76 Å². The minimum Gasteiger partial charge on any atom is -0.459 e. The van der Waals surface area contributed by atoms with Gasteiger partial charge in [0.1, 0.15) is 5.56 Å². The molecule has 1 N–H and O–H groups in total. The number of aryl methyl sites for hydroxylation is 2. The van der Waals surface area contributed by atoms with Crippen LogP contribution in [0.25, 0.3) is 0 Å². The molecule has 3 heterocycles. The number of aromatic nitrogens is 1. The van der Waals surface area contributed by atoms with Crippen molar-refractivity contribution in [2.45, 2.75) is 46.2 Å². The lowest BCUT2D eigenvalue weighted by Crippen LogP contribution is -2.47. The predicted octanol–water partition coefficient (Wildman–Crippen LogP) is 2.11. The second kappa shape index (κ2) is 7.82. The lowest BCUT2D eigenvalue weighted by atomic mass is 10.0. The molecule has 7 heteroatoms. The van der Waals surface area contributed by atoms with Crippen molar-refractivity contribution in [3.05, 3.63) is 57.4 Å². The molecule has 0 bridgehead atoms. The van der Waals surface area contributed by atoms with Crippen LogP contribution in [0.3, 0.4) is 0 Å². The van der Waals surface area contributed by atoms with Crippen molar-refractivity contribution in [1.82, 2.24) is 14.8 Å². The van der Waals surface area contributed by atoms with Gasteiger partial charge in [0, 0.05) is 31.4 Å². The van der Waals surface area contributed by atoms with Crippen molar-refractivity contribution >= 4 is 11.8 Å². The van der Waals surface area contributed by atoms with Crippen LogP contribution in [0.1, 0.15) is 51.9 Å². The van der Waals surface area contributed by atoms with Crippen molar-refractivity contribution in [2.75, 3.05) is 13.1 Å². The summed E-state index contributed by atoms with van der Waals surface area (Å²) < 4.78 is 6.76. The zero-order valence-corrected chi connectivity index (χ0v) is 15.9. The minimum absolute atomic E-state index is 0.0617. The summed E-state index contributed by atoms with van der Waals surface area (Å²) in [7, 11) is 0. The fraction of sp³-hybridized carbons (Fsp3) is 0.450. The van der Waals surface area contributed by atoms with E-state index in [2.05, 4.69) is 5.32 Å². The topological polar surface area (TPSA) is 84.6 Å². The van der Waals surface area contributed by atoms with Crippen LogP contribution in [0.15, 0.2) is 33.7 Å². The molecule has 0 saturated carbocycles. The van der Waals surface area contributed by atoms with Crippen LogP contribution >= 0.6 is 0 Å². The van der Waals surface area contributed by atoms with Gasteiger partial charge in [0.25, 0.3) is 17.4 Å². The molecular formula is C20H25N3O4. The van der Waals surface area contributed by atoms with E-state index in [0.717, 1.165) is 5.69 Å². The number of likely N-dealkylation sites (tertiary alicyclic amines) is 1. The number of pyridine rings is 1. The zero-order valence-electron chi connectivity index (χ0n) is 15.9. The molecule has 7 nitrogen and oxygen atoms in total. The van der Waals surface area contributed by atoms with Crippen LogP contribution in [0, 0.1) is 13.8 Å². The second-order valence-corrected chi connectivity index (χ2v) is 6.91. The molecule has 0 atom stereocenters. The Bertz CT molecular complexity index is 891. The van der Waals surface area contributed by atoms with Crippen LogP contribution in [-0.2, 0) is 6.54 Å². The number of piperidine rings is 1. The third-order valence-electron chi connectivity index (χ3n) is 5.10.